The standard InChI is InChI=1S/C5H7NO2S/c6-3-1-2-4(9)5(7)8/h4,9H,1-2H2,(H,7,8). The van der Waals surface area contributed by atoms with Crippen LogP contribution in [-0.2, 0) is 4.79 Å². The number of carboxylic acid groups (broad SMARTS) is 1. The molecule has 1 N–H and O–H groups in total. The second kappa shape index (κ2) is 4.21. The third-order valence-electron chi connectivity index (χ3n) is 0.815. The zero-order chi connectivity index (χ0) is 7.28. The fraction of sp³-hybridized carbons (Fsp3) is 0.600. The fourth-order valence-electron chi connectivity index (χ4n) is 0.325. The van der Waals surface area contributed by atoms with Crippen molar-refractivity contribution in [3.05, 3.63) is 0 Å². The summed E-state index contributed by atoms with van der Waals surface area (Å²) in [6, 6.07) is 1.84. The van der Waals surface area contributed by atoms with Crippen molar-refractivity contribution < 1.29 is 9.90 Å². The number of aliphatic carboxylic acids is 1. The maximum absolute atomic E-state index is 10.0. The Labute approximate surface area is 58.7 Å². The summed E-state index contributed by atoms with van der Waals surface area (Å²) >= 11 is 3.71. The lowest BCUT2D eigenvalue weighted by molar-refractivity contribution is -0.136. The summed E-state index contributed by atoms with van der Waals surface area (Å²) in [5.41, 5.74) is 0. The van der Waals surface area contributed by atoms with Gasteiger partial charge in [0.25, 0.3) is 0 Å². The molecule has 4 heteroatoms. The van der Waals surface area contributed by atoms with Crippen molar-refractivity contribution in [2.75, 3.05) is 0 Å². The molecule has 0 radical (unpaired) electrons. The molecular weight excluding hydrogens is 138 g/mol. The van der Waals surface area contributed by atoms with Gasteiger partial charge in [-0.15, -0.1) is 0 Å². The van der Waals surface area contributed by atoms with E-state index in [0.717, 1.165) is 0 Å². The van der Waals surface area contributed by atoms with Gasteiger partial charge in [0.2, 0.25) is 0 Å². The summed E-state index contributed by atoms with van der Waals surface area (Å²) in [5.74, 6) is -0.964. The molecule has 0 aromatic heterocycles. The summed E-state index contributed by atoms with van der Waals surface area (Å²) in [5, 5.41) is 15.6. The number of rotatable bonds is 3. The zero-order valence-electron chi connectivity index (χ0n) is 4.74. The molecule has 3 nitrogen and oxygen atoms in total. The molecule has 0 fully saturated rings. The van der Waals surface area contributed by atoms with Crippen molar-refractivity contribution in [3.63, 3.8) is 0 Å². The minimum Gasteiger partial charge on any atom is -0.480 e. The van der Waals surface area contributed by atoms with Crippen LogP contribution in [0, 0.1) is 11.3 Å². The maximum Gasteiger partial charge on any atom is 0.316 e. The van der Waals surface area contributed by atoms with Crippen molar-refractivity contribution in [2.45, 2.75) is 18.1 Å². The number of hydrogen-bond acceptors (Lipinski definition) is 3. The van der Waals surface area contributed by atoms with Crippen molar-refractivity contribution in [2.24, 2.45) is 0 Å². The van der Waals surface area contributed by atoms with E-state index >= 15 is 0 Å². The molecule has 9 heavy (non-hydrogen) atoms. The first-order chi connectivity index (χ1) is 4.18. The molecule has 1 atom stereocenters. The largest absolute Gasteiger partial charge is 0.480 e. The summed E-state index contributed by atoms with van der Waals surface area (Å²) in [6.07, 6.45) is 0.565. The Morgan fingerprint density at radius 1 is 1.89 bits per heavy atom. The van der Waals surface area contributed by atoms with Gasteiger partial charge in [0, 0.05) is 6.42 Å². The summed E-state index contributed by atoms with van der Waals surface area (Å²) < 4.78 is 0. The van der Waals surface area contributed by atoms with E-state index < -0.39 is 11.2 Å². The highest BCUT2D eigenvalue weighted by Crippen LogP contribution is 2.02. The van der Waals surface area contributed by atoms with Gasteiger partial charge in [0.1, 0.15) is 5.25 Å². The van der Waals surface area contributed by atoms with Gasteiger partial charge in [-0.05, 0) is 6.42 Å². The average Bonchev–Trinajstić information content (AvgIpc) is 1.82. The minimum absolute atomic E-state index is 0.250. The predicted molar refractivity (Wildman–Crippen MR) is 35.3 cm³/mol. The van der Waals surface area contributed by atoms with Crippen LogP contribution in [0.3, 0.4) is 0 Å². The van der Waals surface area contributed by atoms with Gasteiger partial charge in [0.15, 0.2) is 0 Å². The van der Waals surface area contributed by atoms with Crippen molar-refractivity contribution in [1.29, 1.82) is 5.26 Å². The van der Waals surface area contributed by atoms with E-state index in [1.165, 1.54) is 0 Å². The topological polar surface area (TPSA) is 61.1 Å². The van der Waals surface area contributed by atoms with Gasteiger partial charge < -0.3 is 5.11 Å². The first-order valence-corrected chi connectivity index (χ1v) is 2.98. The Morgan fingerprint density at radius 2 is 2.44 bits per heavy atom. The predicted octanol–water partition coefficient (Wildman–Crippen LogP) is 0.673. The molecule has 0 bridgehead atoms. The van der Waals surface area contributed by atoms with Gasteiger partial charge >= 0.3 is 5.97 Å². The van der Waals surface area contributed by atoms with Gasteiger partial charge in [-0.1, -0.05) is 0 Å². The number of carbonyl (C=O) groups is 1. The molecule has 0 aliphatic carbocycles. The lowest BCUT2D eigenvalue weighted by atomic mass is 10.2. The SMILES string of the molecule is N#CCCC(S)C(=O)O. The van der Waals surface area contributed by atoms with E-state index in [1.54, 1.807) is 0 Å². The van der Waals surface area contributed by atoms with E-state index in [0.29, 0.717) is 6.42 Å². The van der Waals surface area contributed by atoms with Gasteiger partial charge in [-0.2, -0.15) is 17.9 Å². The number of hydrogen-bond donors (Lipinski definition) is 2. The molecule has 0 heterocycles. The number of thiol groups is 1. The number of nitriles is 1. The Hall–Kier alpha value is -0.690. The van der Waals surface area contributed by atoms with Gasteiger partial charge in [0.05, 0.1) is 6.07 Å². The van der Waals surface area contributed by atoms with Crippen molar-refractivity contribution >= 4 is 18.6 Å². The molecule has 0 rings (SSSR count). The van der Waals surface area contributed by atoms with Crippen LogP contribution in [0.2, 0.25) is 0 Å². The second-order valence-electron chi connectivity index (χ2n) is 1.55. The molecule has 0 saturated carbocycles. The molecule has 0 aromatic rings. The zero-order valence-corrected chi connectivity index (χ0v) is 5.64. The van der Waals surface area contributed by atoms with Crippen LogP contribution in [-0.4, -0.2) is 16.3 Å². The molecule has 50 valence electrons. The Balaban J connectivity index is 3.41. The molecule has 0 saturated heterocycles. The van der Waals surface area contributed by atoms with E-state index in [4.69, 9.17) is 10.4 Å². The monoisotopic (exact) mass is 145 g/mol. The first kappa shape index (κ1) is 8.31. The van der Waals surface area contributed by atoms with Gasteiger partial charge in [-0.3, -0.25) is 4.79 Å². The van der Waals surface area contributed by atoms with E-state index in [-0.39, 0.29) is 6.42 Å². The molecule has 0 amide bonds. The van der Waals surface area contributed by atoms with Crippen LogP contribution in [0.4, 0.5) is 0 Å². The molecule has 0 spiro atoms. The van der Waals surface area contributed by atoms with Crippen molar-refractivity contribution in [1.82, 2.24) is 0 Å². The van der Waals surface area contributed by atoms with Crippen molar-refractivity contribution in [3.8, 4) is 6.07 Å². The number of carboxylic acids is 1. The third-order valence-corrected chi connectivity index (χ3v) is 1.29. The maximum atomic E-state index is 10.0. The van der Waals surface area contributed by atoms with E-state index in [2.05, 4.69) is 12.6 Å². The highest BCUT2D eigenvalue weighted by atomic mass is 32.1. The number of nitrogens with zero attached hydrogens (tertiary/aromatic N) is 1. The molecule has 0 aliphatic rings. The third kappa shape index (κ3) is 3.86. The van der Waals surface area contributed by atoms with Crippen LogP contribution >= 0.6 is 12.6 Å². The Bertz CT molecular complexity index is 140. The lowest BCUT2D eigenvalue weighted by Crippen LogP contribution is -2.12. The molecular formula is C5H7NO2S. The summed E-state index contributed by atoms with van der Waals surface area (Å²) in [4.78, 5) is 10.0. The molecule has 0 aliphatic heterocycles. The van der Waals surface area contributed by atoms with Crippen LogP contribution < -0.4 is 0 Å². The average molecular weight is 145 g/mol. The van der Waals surface area contributed by atoms with Crippen LogP contribution in [0.25, 0.3) is 0 Å². The van der Waals surface area contributed by atoms with Crippen LogP contribution in [0.1, 0.15) is 12.8 Å². The first-order valence-electron chi connectivity index (χ1n) is 2.46. The second-order valence-corrected chi connectivity index (χ2v) is 2.17. The van der Waals surface area contributed by atoms with Crippen LogP contribution in [0.5, 0.6) is 0 Å². The van der Waals surface area contributed by atoms with E-state index in [1.807, 2.05) is 6.07 Å². The summed E-state index contributed by atoms with van der Waals surface area (Å²) in [6.45, 7) is 0. The minimum atomic E-state index is -0.964. The highest BCUT2D eigenvalue weighted by molar-refractivity contribution is 7.81. The van der Waals surface area contributed by atoms with E-state index in [9.17, 15) is 4.79 Å². The Kier molecular flexibility index (Phi) is 3.89. The highest BCUT2D eigenvalue weighted by Gasteiger charge is 2.09. The normalized spacial score (nSPS) is 12.0. The Morgan fingerprint density at radius 3 is 2.78 bits per heavy atom. The quantitative estimate of drug-likeness (QED) is 0.574. The van der Waals surface area contributed by atoms with Crippen LogP contribution in [0.15, 0.2) is 0 Å². The molecule has 1 unspecified atom stereocenters. The molecule has 0 aromatic carbocycles. The smallest absolute Gasteiger partial charge is 0.316 e. The lowest BCUT2D eigenvalue weighted by Gasteiger charge is -1.98. The fourth-order valence-corrected chi connectivity index (χ4v) is 0.454. The van der Waals surface area contributed by atoms with Gasteiger partial charge in [-0.25, -0.2) is 0 Å². The summed E-state index contributed by atoms with van der Waals surface area (Å²) in [7, 11) is 0.